The Hall–Kier alpha value is -1.12. The van der Waals surface area contributed by atoms with E-state index >= 15 is 0 Å². The van der Waals surface area contributed by atoms with Crippen LogP contribution in [0.2, 0.25) is 0 Å². The molecule has 0 bridgehead atoms. The van der Waals surface area contributed by atoms with Crippen molar-refractivity contribution in [1.29, 1.82) is 0 Å². The molecule has 0 aromatic carbocycles. The maximum absolute atomic E-state index is 12.4. The molecule has 0 aromatic heterocycles. The topological polar surface area (TPSA) is 43.4 Å². The predicted molar refractivity (Wildman–Crippen MR) is 59.8 cm³/mol. The maximum atomic E-state index is 12.4. The standard InChI is InChI=1S/C13H18O3/c1-16-12(15)13(8-4-5-9-13)11(14)10-6-2-3-7-10/h4-5,10H,2-3,6-9H2,1H3. The average molecular weight is 222 g/mol. The van der Waals surface area contributed by atoms with Crippen LogP contribution >= 0.6 is 0 Å². The van der Waals surface area contributed by atoms with E-state index in [1.165, 1.54) is 7.11 Å². The van der Waals surface area contributed by atoms with Gasteiger partial charge in [0.2, 0.25) is 0 Å². The summed E-state index contributed by atoms with van der Waals surface area (Å²) in [7, 11) is 1.37. The molecule has 0 heterocycles. The molecule has 88 valence electrons. The summed E-state index contributed by atoms with van der Waals surface area (Å²) >= 11 is 0. The molecule has 0 amide bonds. The van der Waals surface area contributed by atoms with Crippen LogP contribution in [0.25, 0.3) is 0 Å². The van der Waals surface area contributed by atoms with E-state index < -0.39 is 5.41 Å². The van der Waals surface area contributed by atoms with Gasteiger partial charge in [-0.15, -0.1) is 0 Å². The molecule has 2 rings (SSSR count). The van der Waals surface area contributed by atoms with E-state index in [1.807, 2.05) is 12.2 Å². The molecule has 3 nitrogen and oxygen atoms in total. The van der Waals surface area contributed by atoms with E-state index in [4.69, 9.17) is 4.74 Å². The van der Waals surface area contributed by atoms with Gasteiger partial charge in [0.15, 0.2) is 5.78 Å². The van der Waals surface area contributed by atoms with Crippen LogP contribution in [0.15, 0.2) is 12.2 Å². The van der Waals surface area contributed by atoms with Gasteiger partial charge in [-0.3, -0.25) is 9.59 Å². The number of esters is 1. The Bertz CT molecular complexity index is 316. The first-order valence-electron chi connectivity index (χ1n) is 5.98. The summed E-state index contributed by atoms with van der Waals surface area (Å²) in [5.74, 6) is -0.157. The molecule has 1 saturated carbocycles. The molecule has 0 saturated heterocycles. The summed E-state index contributed by atoms with van der Waals surface area (Å²) in [6, 6.07) is 0. The third kappa shape index (κ3) is 1.68. The van der Waals surface area contributed by atoms with Crippen LogP contribution < -0.4 is 0 Å². The van der Waals surface area contributed by atoms with Crippen LogP contribution in [-0.2, 0) is 14.3 Å². The molecule has 2 aliphatic rings. The fourth-order valence-electron chi connectivity index (χ4n) is 2.89. The van der Waals surface area contributed by atoms with Crippen LogP contribution in [0.3, 0.4) is 0 Å². The Morgan fingerprint density at radius 3 is 2.25 bits per heavy atom. The molecule has 2 aliphatic carbocycles. The molecule has 1 fully saturated rings. The highest BCUT2D eigenvalue weighted by Gasteiger charge is 2.49. The van der Waals surface area contributed by atoms with E-state index in [0.717, 1.165) is 25.7 Å². The second-order valence-electron chi connectivity index (χ2n) is 4.80. The molecule has 0 aromatic rings. The van der Waals surface area contributed by atoms with Crippen LogP contribution in [0.4, 0.5) is 0 Å². The monoisotopic (exact) mass is 222 g/mol. The van der Waals surface area contributed by atoms with E-state index in [9.17, 15) is 9.59 Å². The van der Waals surface area contributed by atoms with Gasteiger partial charge in [0.1, 0.15) is 5.41 Å². The molecular weight excluding hydrogens is 204 g/mol. The minimum absolute atomic E-state index is 0.0824. The van der Waals surface area contributed by atoms with Crippen LogP contribution in [0.1, 0.15) is 38.5 Å². The van der Waals surface area contributed by atoms with E-state index in [0.29, 0.717) is 12.8 Å². The fourth-order valence-corrected chi connectivity index (χ4v) is 2.89. The molecular formula is C13H18O3. The van der Waals surface area contributed by atoms with Crippen LogP contribution in [-0.4, -0.2) is 18.9 Å². The van der Waals surface area contributed by atoms with Crippen molar-refractivity contribution < 1.29 is 14.3 Å². The van der Waals surface area contributed by atoms with Gasteiger partial charge in [0.05, 0.1) is 7.11 Å². The number of Topliss-reactive ketones (excluding diaryl/α,β-unsaturated/α-hetero) is 1. The van der Waals surface area contributed by atoms with Crippen molar-refractivity contribution in [2.24, 2.45) is 11.3 Å². The van der Waals surface area contributed by atoms with E-state index in [1.54, 1.807) is 0 Å². The van der Waals surface area contributed by atoms with Crippen molar-refractivity contribution in [2.45, 2.75) is 38.5 Å². The molecule has 16 heavy (non-hydrogen) atoms. The molecule has 0 aliphatic heterocycles. The van der Waals surface area contributed by atoms with Gasteiger partial charge in [0, 0.05) is 5.92 Å². The average Bonchev–Trinajstić information content (AvgIpc) is 2.98. The molecule has 0 N–H and O–H groups in total. The van der Waals surface area contributed by atoms with Gasteiger partial charge in [-0.1, -0.05) is 25.0 Å². The molecule has 0 spiro atoms. The third-order valence-corrected chi connectivity index (χ3v) is 3.87. The van der Waals surface area contributed by atoms with Crippen LogP contribution in [0.5, 0.6) is 0 Å². The normalized spacial score (nSPS) is 23.6. The summed E-state index contributed by atoms with van der Waals surface area (Å²) in [6.45, 7) is 0. The van der Waals surface area contributed by atoms with Gasteiger partial charge in [0.25, 0.3) is 0 Å². The lowest BCUT2D eigenvalue weighted by Gasteiger charge is -2.27. The first-order chi connectivity index (χ1) is 7.70. The number of allylic oxidation sites excluding steroid dienone is 2. The van der Waals surface area contributed by atoms with Crippen molar-refractivity contribution in [3.05, 3.63) is 12.2 Å². The lowest BCUT2D eigenvalue weighted by Crippen LogP contribution is -2.41. The molecule has 3 heteroatoms. The fraction of sp³-hybridized carbons (Fsp3) is 0.692. The first-order valence-corrected chi connectivity index (χ1v) is 5.98. The summed E-state index contributed by atoms with van der Waals surface area (Å²) in [5, 5.41) is 0. The zero-order valence-electron chi connectivity index (χ0n) is 9.70. The number of methoxy groups -OCH3 is 1. The highest BCUT2D eigenvalue weighted by Crippen LogP contribution is 2.41. The summed E-state index contributed by atoms with van der Waals surface area (Å²) < 4.78 is 4.82. The number of carbonyl (C=O) groups is 2. The largest absolute Gasteiger partial charge is 0.468 e. The van der Waals surface area contributed by atoms with Gasteiger partial charge < -0.3 is 4.74 Å². The van der Waals surface area contributed by atoms with Crippen molar-refractivity contribution in [3.63, 3.8) is 0 Å². The number of hydrogen-bond donors (Lipinski definition) is 0. The van der Waals surface area contributed by atoms with Crippen molar-refractivity contribution in [3.8, 4) is 0 Å². The second kappa shape index (κ2) is 4.40. The summed E-state index contributed by atoms with van der Waals surface area (Å²) in [6.07, 6.45) is 8.99. The zero-order chi connectivity index (χ0) is 11.6. The lowest BCUT2D eigenvalue weighted by atomic mass is 9.75. The lowest BCUT2D eigenvalue weighted by molar-refractivity contribution is -0.158. The zero-order valence-corrected chi connectivity index (χ0v) is 9.70. The molecule has 0 radical (unpaired) electrons. The van der Waals surface area contributed by atoms with Crippen molar-refractivity contribution >= 4 is 11.8 Å². The number of carbonyl (C=O) groups excluding carboxylic acids is 2. The first kappa shape index (κ1) is 11.4. The van der Waals surface area contributed by atoms with E-state index in [2.05, 4.69) is 0 Å². The van der Waals surface area contributed by atoms with Gasteiger partial charge in [-0.25, -0.2) is 0 Å². The second-order valence-corrected chi connectivity index (χ2v) is 4.80. The Balaban J connectivity index is 2.18. The summed E-state index contributed by atoms with van der Waals surface area (Å²) in [5.41, 5.74) is -0.885. The smallest absolute Gasteiger partial charge is 0.320 e. The van der Waals surface area contributed by atoms with Gasteiger partial charge >= 0.3 is 5.97 Å². The number of ether oxygens (including phenoxy) is 1. The van der Waals surface area contributed by atoms with Crippen LogP contribution in [0, 0.1) is 11.3 Å². The predicted octanol–water partition coefficient (Wildman–Crippen LogP) is 2.26. The molecule has 0 unspecified atom stereocenters. The Morgan fingerprint density at radius 2 is 1.75 bits per heavy atom. The highest BCUT2D eigenvalue weighted by atomic mass is 16.5. The maximum Gasteiger partial charge on any atom is 0.320 e. The van der Waals surface area contributed by atoms with Crippen molar-refractivity contribution in [1.82, 2.24) is 0 Å². The number of ketones is 1. The highest BCUT2D eigenvalue weighted by molar-refractivity contribution is 6.05. The Morgan fingerprint density at radius 1 is 1.19 bits per heavy atom. The third-order valence-electron chi connectivity index (χ3n) is 3.87. The SMILES string of the molecule is COC(=O)C1(C(=O)C2CCCC2)CC=CC1. The summed E-state index contributed by atoms with van der Waals surface area (Å²) in [4.78, 5) is 24.3. The number of hydrogen-bond acceptors (Lipinski definition) is 3. The number of rotatable bonds is 3. The van der Waals surface area contributed by atoms with E-state index in [-0.39, 0.29) is 17.7 Å². The van der Waals surface area contributed by atoms with Gasteiger partial charge in [-0.2, -0.15) is 0 Å². The minimum Gasteiger partial charge on any atom is -0.468 e. The Labute approximate surface area is 95.9 Å². The minimum atomic E-state index is -0.885. The Kier molecular flexibility index (Phi) is 3.13. The van der Waals surface area contributed by atoms with Gasteiger partial charge in [-0.05, 0) is 25.7 Å². The quantitative estimate of drug-likeness (QED) is 0.418. The van der Waals surface area contributed by atoms with Crippen molar-refractivity contribution in [2.75, 3.05) is 7.11 Å². The molecule has 0 atom stereocenters.